The van der Waals surface area contributed by atoms with Gasteiger partial charge in [-0.3, -0.25) is 24.2 Å². The molecule has 1 fully saturated rings. The Morgan fingerprint density at radius 3 is 2.38 bits per heavy atom. The lowest BCUT2D eigenvalue weighted by molar-refractivity contribution is -0.148. The van der Waals surface area contributed by atoms with Crippen molar-refractivity contribution in [3.05, 3.63) is 12.2 Å². The van der Waals surface area contributed by atoms with Crippen molar-refractivity contribution in [2.45, 2.75) is 58.7 Å². The van der Waals surface area contributed by atoms with Gasteiger partial charge in [-0.25, -0.2) is 5.43 Å². The van der Waals surface area contributed by atoms with E-state index in [9.17, 15) is 19.2 Å². The quantitative estimate of drug-likeness (QED) is 0.460. The highest BCUT2D eigenvalue weighted by Crippen LogP contribution is 2.09. The van der Waals surface area contributed by atoms with Gasteiger partial charge < -0.3 is 15.7 Å². The van der Waals surface area contributed by atoms with Gasteiger partial charge in [-0.2, -0.15) is 0 Å². The molecule has 0 aromatic heterocycles. The van der Waals surface area contributed by atoms with E-state index in [4.69, 9.17) is 5.11 Å². The summed E-state index contributed by atoms with van der Waals surface area (Å²) in [5.74, 6) is -2.47. The molecule has 1 heterocycles. The van der Waals surface area contributed by atoms with Crippen molar-refractivity contribution >= 4 is 23.7 Å². The minimum absolute atomic E-state index is 0.170. The lowest BCUT2D eigenvalue weighted by Gasteiger charge is -2.34. The summed E-state index contributed by atoms with van der Waals surface area (Å²) in [4.78, 5) is 47.7. The Labute approximate surface area is 153 Å². The molecular formula is C17H28N4O5. The lowest BCUT2D eigenvalue weighted by atomic mass is 10.0. The summed E-state index contributed by atoms with van der Waals surface area (Å²) in [6.45, 7) is 7.17. The number of allylic oxidation sites excluding steroid dienone is 1. The van der Waals surface area contributed by atoms with Gasteiger partial charge in [-0.15, -0.1) is 0 Å². The zero-order valence-electron chi connectivity index (χ0n) is 15.6. The second kappa shape index (κ2) is 9.91. The van der Waals surface area contributed by atoms with Crippen molar-refractivity contribution in [2.24, 2.45) is 5.92 Å². The number of nitrogens with zero attached hydrogens (tertiary/aromatic N) is 1. The van der Waals surface area contributed by atoms with Gasteiger partial charge in [0.05, 0.1) is 0 Å². The summed E-state index contributed by atoms with van der Waals surface area (Å²) in [5.41, 5.74) is 2.66. The van der Waals surface area contributed by atoms with Crippen molar-refractivity contribution in [3.63, 3.8) is 0 Å². The summed E-state index contributed by atoms with van der Waals surface area (Å²) in [7, 11) is 0. The molecule has 0 aromatic carbocycles. The van der Waals surface area contributed by atoms with E-state index < -0.39 is 35.9 Å². The SMILES string of the molecule is CC=CC(=O)N[C@H](C(=O)N[C@@H](C)C(=O)N1CCC[C@@H](C(=O)O)N1)C(C)C. The summed E-state index contributed by atoms with van der Waals surface area (Å²) in [6.07, 6.45) is 3.88. The van der Waals surface area contributed by atoms with Crippen LogP contribution >= 0.6 is 0 Å². The largest absolute Gasteiger partial charge is 0.480 e. The number of nitrogens with one attached hydrogen (secondary N) is 3. The molecule has 26 heavy (non-hydrogen) atoms. The maximum atomic E-state index is 12.5. The molecule has 0 aromatic rings. The Balaban J connectivity index is 2.69. The van der Waals surface area contributed by atoms with E-state index in [0.29, 0.717) is 19.4 Å². The molecule has 1 saturated heterocycles. The third-order valence-corrected chi connectivity index (χ3v) is 4.04. The topological polar surface area (TPSA) is 128 Å². The maximum Gasteiger partial charge on any atom is 0.322 e. The minimum atomic E-state index is -1.02. The Bertz CT molecular complexity index is 576. The molecule has 0 unspecified atom stereocenters. The zero-order valence-corrected chi connectivity index (χ0v) is 15.6. The molecule has 1 aliphatic rings. The van der Waals surface area contributed by atoms with Crippen LogP contribution in [0.3, 0.4) is 0 Å². The number of aliphatic carboxylic acids is 1. The Morgan fingerprint density at radius 2 is 1.85 bits per heavy atom. The molecule has 1 rings (SSSR count). The maximum absolute atomic E-state index is 12.5. The van der Waals surface area contributed by atoms with Gasteiger partial charge in [0.15, 0.2) is 0 Å². The number of hydrazine groups is 1. The minimum Gasteiger partial charge on any atom is -0.480 e. The first-order chi connectivity index (χ1) is 12.2. The molecule has 9 heteroatoms. The van der Waals surface area contributed by atoms with Crippen LogP contribution in [-0.4, -0.2) is 58.5 Å². The van der Waals surface area contributed by atoms with Crippen molar-refractivity contribution in [3.8, 4) is 0 Å². The van der Waals surface area contributed by atoms with Crippen LogP contribution in [0.1, 0.15) is 40.5 Å². The Hall–Kier alpha value is -2.42. The van der Waals surface area contributed by atoms with Crippen LogP contribution in [0, 0.1) is 5.92 Å². The number of carboxylic acid groups (broad SMARTS) is 1. The standard InChI is InChI=1S/C17H28N4O5/c1-5-7-13(22)19-14(10(2)3)15(23)18-11(4)16(24)21-9-6-8-12(20-21)17(25)26/h5,7,10-12,14,20H,6,8-9H2,1-4H3,(H,18,23)(H,19,22)(H,25,26)/t11-,12-,14-/m0/s1. The molecule has 1 aliphatic heterocycles. The molecule has 0 spiro atoms. The van der Waals surface area contributed by atoms with Crippen molar-refractivity contribution in [1.29, 1.82) is 0 Å². The van der Waals surface area contributed by atoms with Crippen molar-refractivity contribution in [1.82, 2.24) is 21.1 Å². The average molecular weight is 368 g/mol. The molecule has 0 saturated carbocycles. The van der Waals surface area contributed by atoms with Crippen LogP contribution in [0.4, 0.5) is 0 Å². The van der Waals surface area contributed by atoms with E-state index in [2.05, 4.69) is 16.1 Å². The molecule has 4 N–H and O–H groups in total. The van der Waals surface area contributed by atoms with Crippen molar-refractivity contribution in [2.75, 3.05) is 6.54 Å². The van der Waals surface area contributed by atoms with E-state index in [1.165, 1.54) is 18.0 Å². The summed E-state index contributed by atoms with van der Waals surface area (Å²) < 4.78 is 0. The van der Waals surface area contributed by atoms with Gasteiger partial charge in [0.25, 0.3) is 5.91 Å². The van der Waals surface area contributed by atoms with Crippen LogP contribution in [0.25, 0.3) is 0 Å². The predicted octanol–water partition coefficient (Wildman–Crippen LogP) is -0.212. The summed E-state index contributed by atoms with van der Waals surface area (Å²) >= 11 is 0. The lowest BCUT2D eigenvalue weighted by Crippen LogP contribution is -2.60. The molecule has 9 nitrogen and oxygen atoms in total. The van der Waals surface area contributed by atoms with Gasteiger partial charge in [0.2, 0.25) is 11.8 Å². The monoisotopic (exact) mass is 368 g/mol. The zero-order chi connectivity index (χ0) is 19.9. The number of carboxylic acids is 1. The first kappa shape index (κ1) is 21.6. The van der Waals surface area contributed by atoms with Crippen LogP contribution in [-0.2, 0) is 19.2 Å². The number of carbonyl (C=O) groups is 4. The Kier molecular flexibility index (Phi) is 8.24. The molecular weight excluding hydrogens is 340 g/mol. The normalized spacial score (nSPS) is 19.9. The van der Waals surface area contributed by atoms with Crippen LogP contribution in [0.2, 0.25) is 0 Å². The van der Waals surface area contributed by atoms with Gasteiger partial charge in [-0.1, -0.05) is 19.9 Å². The number of hydrogen-bond acceptors (Lipinski definition) is 5. The molecule has 0 radical (unpaired) electrons. The summed E-state index contributed by atoms with van der Waals surface area (Å²) in [5, 5.41) is 15.5. The van der Waals surface area contributed by atoms with Gasteiger partial charge in [0, 0.05) is 6.54 Å². The van der Waals surface area contributed by atoms with Crippen LogP contribution < -0.4 is 16.1 Å². The third kappa shape index (κ3) is 6.14. The molecule has 3 amide bonds. The fraction of sp³-hybridized carbons (Fsp3) is 0.647. The fourth-order valence-corrected chi connectivity index (χ4v) is 2.61. The first-order valence-corrected chi connectivity index (χ1v) is 8.71. The summed E-state index contributed by atoms with van der Waals surface area (Å²) in [6, 6.07) is -2.46. The molecule has 0 bridgehead atoms. The smallest absolute Gasteiger partial charge is 0.322 e. The molecule has 3 atom stereocenters. The molecule has 0 aliphatic carbocycles. The van der Waals surface area contributed by atoms with E-state index >= 15 is 0 Å². The number of amides is 3. The predicted molar refractivity (Wildman–Crippen MR) is 94.7 cm³/mol. The van der Waals surface area contributed by atoms with Gasteiger partial charge >= 0.3 is 5.97 Å². The highest BCUT2D eigenvalue weighted by atomic mass is 16.4. The average Bonchev–Trinajstić information content (AvgIpc) is 2.58. The van der Waals surface area contributed by atoms with E-state index in [1.807, 2.05) is 0 Å². The van der Waals surface area contributed by atoms with Gasteiger partial charge in [-0.05, 0) is 38.7 Å². The number of carbonyl (C=O) groups excluding carboxylic acids is 3. The van der Waals surface area contributed by atoms with E-state index in [1.54, 1.807) is 26.8 Å². The Morgan fingerprint density at radius 1 is 1.19 bits per heavy atom. The highest BCUT2D eigenvalue weighted by molar-refractivity contribution is 5.94. The number of rotatable bonds is 7. The van der Waals surface area contributed by atoms with E-state index in [-0.39, 0.29) is 11.8 Å². The third-order valence-electron chi connectivity index (χ3n) is 4.04. The second-order valence-electron chi connectivity index (χ2n) is 6.61. The van der Waals surface area contributed by atoms with Crippen LogP contribution in [0.15, 0.2) is 12.2 Å². The van der Waals surface area contributed by atoms with E-state index in [0.717, 1.165) is 0 Å². The second-order valence-corrected chi connectivity index (χ2v) is 6.61. The molecule has 146 valence electrons. The van der Waals surface area contributed by atoms with Gasteiger partial charge in [0.1, 0.15) is 18.1 Å². The van der Waals surface area contributed by atoms with Crippen LogP contribution in [0.5, 0.6) is 0 Å². The number of hydrogen-bond donors (Lipinski definition) is 4. The first-order valence-electron chi connectivity index (χ1n) is 8.71. The van der Waals surface area contributed by atoms with Crippen molar-refractivity contribution < 1.29 is 24.3 Å². The highest BCUT2D eigenvalue weighted by Gasteiger charge is 2.32. The fourth-order valence-electron chi connectivity index (χ4n) is 2.61.